The molecule has 22 heavy (non-hydrogen) atoms. The summed E-state index contributed by atoms with van der Waals surface area (Å²) in [6.45, 7) is 2.69. The lowest BCUT2D eigenvalue weighted by Crippen LogP contribution is -2.47. The fraction of sp³-hybridized carbons (Fsp3) is 0.529. The van der Waals surface area contributed by atoms with Crippen LogP contribution in [0.3, 0.4) is 0 Å². The lowest BCUT2D eigenvalue weighted by atomic mass is 9.93. The van der Waals surface area contributed by atoms with Crippen LogP contribution in [-0.4, -0.2) is 52.5 Å². The van der Waals surface area contributed by atoms with Gasteiger partial charge in [0.2, 0.25) is 5.91 Å². The highest BCUT2D eigenvalue weighted by Crippen LogP contribution is 2.30. The highest BCUT2D eigenvalue weighted by atomic mass is 16.4. The zero-order valence-electron chi connectivity index (χ0n) is 12.6. The SMILES string of the molecule is O=C(O)CCN1C[C@@H]2CC[C@H](C1)N(Cc1ccccc1)C2=O. The number of nitrogens with zero attached hydrogens (tertiary/aromatic N) is 2. The molecule has 3 heterocycles. The van der Waals surface area contributed by atoms with E-state index < -0.39 is 5.97 Å². The minimum atomic E-state index is -0.774. The molecule has 2 bridgehead atoms. The molecule has 1 aromatic rings. The van der Waals surface area contributed by atoms with E-state index in [1.807, 2.05) is 35.2 Å². The largest absolute Gasteiger partial charge is 0.481 e. The molecule has 0 aromatic heterocycles. The van der Waals surface area contributed by atoms with Crippen molar-refractivity contribution in [3.8, 4) is 0 Å². The summed E-state index contributed by atoms with van der Waals surface area (Å²) in [5.74, 6) is -0.516. The van der Waals surface area contributed by atoms with Crippen molar-refractivity contribution in [3.05, 3.63) is 35.9 Å². The summed E-state index contributed by atoms with van der Waals surface area (Å²) in [5.41, 5.74) is 1.15. The second-order valence-corrected chi connectivity index (χ2v) is 6.28. The van der Waals surface area contributed by atoms with Crippen LogP contribution in [0.25, 0.3) is 0 Å². The van der Waals surface area contributed by atoms with Crippen LogP contribution in [0, 0.1) is 5.92 Å². The molecule has 3 fully saturated rings. The maximum absolute atomic E-state index is 12.7. The van der Waals surface area contributed by atoms with Gasteiger partial charge in [0.05, 0.1) is 12.3 Å². The molecule has 3 saturated heterocycles. The summed E-state index contributed by atoms with van der Waals surface area (Å²) in [6.07, 6.45) is 2.09. The highest BCUT2D eigenvalue weighted by molar-refractivity contribution is 5.80. The number of carbonyl (C=O) groups is 2. The maximum Gasteiger partial charge on any atom is 0.304 e. The Morgan fingerprint density at radius 1 is 1.18 bits per heavy atom. The van der Waals surface area contributed by atoms with Crippen LogP contribution in [0.1, 0.15) is 24.8 Å². The first-order valence-electron chi connectivity index (χ1n) is 7.92. The molecule has 0 saturated carbocycles. The standard InChI is InChI=1S/C17H22N2O3/c20-16(21)8-9-18-11-14-6-7-15(12-18)19(17(14)22)10-13-4-2-1-3-5-13/h1-5,14-15H,6-12H2,(H,20,21)/t14-,15+/m0/s1. The Morgan fingerprint density at radius 3 is 2.68 bits per heavy atom. The number of rotatable bonds is 5. The van der Waals surface area contributed by atoms with E-state index in [4.69, 9.17) is 5.11 Å². The van der Waals surface area contributed by atoms with E-state index in [9.17, 15) is 9.59 Å². The third-order valence-corrected chi connectivity index (χ3v) is 4.71. The van der Waals surface area contributed by atoms with Crippen molar-refractivity contribution in [1.29, 1.82) is 0 Å². The Balaban J connectivity index is 1.71. The molecular weight excluding hydrogens is 280 g/mol. The molecule has 3 aliphatic rings. The average Bonchev–Trinajstić information content (AvgIpc) is 2.79. The molecule has 5 nitrogen and oxygen atoms in total. The van der Waals surface area contributed by atoms with Gasteiger partial charge in [-0.3, -0.25) is 14.5 Å². The van der Waals surface area contributed by atoms with E-state index in [1.165, 1.54) is 0 Å². The predicted octanol–water partition coefficient (Wildman–Crippen LogP) is 1.58. The number of piperidine rings is 1. The number of aliphatic carboxylic acids is 1. The molecule has 5 heteroatoms. The van der Waals surface area contributed by atoms with Crippen LogP contribution in [0.5, 0.6) is 0 Å². The zero-order valence-corrected chi connectivity index (χ0v) is 12.6. The maximum atomic E-state index is 12.7. The smallest absolute Gasteiger partial charge is 0.304 e. The Hall–Kier alpha value is -1.88. The number of hydrogen-bond acceptors (Lipinski definition) is 3. The normalized spacial score (nSPS) is 25.3. The van der Waals surface area contributed by atoms with Gasteiger partial charge in [-0.05, 0) is 18.4 Å². The molecule has 0 unspecified atom stereocenters. The van der Waals surface area contributed by atoms with Gasteiger partial charge in [-0.25, -0.2) is 0 Å². The minimum Gasteiger partial charge on any atom is -0.481 e. The van der Waals surface area contributed by atoms with Crippen molar-refractivity contribution >= 4 is 11.9 Å². The summed E-state index contributed by atoms with van der Waals surface area (Å²) in [6, 6.07) is 10.3. The second kappa shape index (κ2) is 6.48. The van der Waals surface area contributed by atoms with Crippen LogP contribution in [0.15, 0.2) is 30.3 Å². The van der Waals surface area contributed by atoms with Crippen LogP contribution in [0.4, 0.5) is 0 Å². The van der Waals surface area contributed by atoms with E-state index in [0.29, 0.717) is 19.6 Å². The van der Waals surface area contributed by atoms with Crippen molar-refractivity contribution in [1.82, 2.24) is 9.80 Å². The van der Waals surface area contributed by atoms with Gasteiger partial charge < -0.3 is 10.0 Å². The second-order valence-electron chi connectivity index (χ2n) is 6.28. The molecule has 2 atom stereocenters. The Kier molecular flexibility index (Phi) is 4.43. The van der Waals surface area contributed by atoms with Gasteiger partial charge in [-0.1, -0.05) is 30.3 Å². The summed E-state index contributed by atoms with van der Waals surface area (Å²) >= 11 is 0. The van der Waals surface area contributed by atoms with Crippen molar-refractivity contribution in [3.63, 3.8) is 0 Å². The molecule has 4 rings (SSSR count). The molecule has 1 amide bonds. The van der Waals surface area contributed by atoms with Gasteiger partial charge in [0.1, 0.15) is 0 Å². The minimum absolute atomic E-state index is 0.0243. The van der Waals surface area contributed by atoms with Gasteiger partial charge in [0.25, 0.3) is 0 Å². The first-order chi connectivity index (χ1) is 10.6. The van der Waals surface area contributed by atoms with E-state index in [1.54, 1.807) is 0 Å². The lowest BCUT2D eigenvalue weighted by molar-refractivity contribution is -0.140. The molecule has 0 radical (unpaired) electrons. The monoisotopic (exact) mass is 302 g/mol. The fourth-order valence-electron chi connectivity index (χ4n) is 3.55. The number of fused-ring (bicyclic) bond motifs is 4. The third kappa shape index (κ3) is 3.30. The summed E-state index contributed by atoms with van der Waals surface area (Å²) in [7, 11) is 0. The van der Waals surface area contributed by atoms with Crippen LogP contribution >= 0.6 is 0 Å². The van der Waals surface area contributed by atoms with Crippen LogP contribution < -0.4 is 0 Å². The van der Waals surface area contributed by atoms with Crippen molar-refractivity contribution in [2.75, 3.05) is 19.6 Å². The lowest BCUT2D eigenvalue weighted by Gasteiger charge is -2.36. The van der Waals surface area contributed by atoms with E-state index in [0.717, 1.165) is 24.9 Å². The van der Waals surface area contributed by atoms with Gasteiger partial charge >= 0.3 is 5.97 Å². The van der Waals surface area contributed by atoms with E-state index in [-0.39, 0.29) is 24.3 Å². The Morgan fingerprint density at radius 2 is 1.95 bits per heavy atom. The Bertz CT molecular complexity index is 546. The summed E-state index contributed by atoms with van der Waals surface area (Å²) in [4.78, 5) is 27.6. The molecule has 0 spiro atoms. The summed E-state index contributed by atoms with van der Waals surface area (Å²) in [5, 5.41) is 8.86. The zero-order chi connectivity index (χ0) is 15.5. The molecule has 118 valence electrons. The molecule has 3 aliphatic heterocycles. The number of benzene rings is 1. The Labute approximate surface area is 130 Å². The van der Waals surface area contributed by atoms with Crippen molar-refractivity contribution in [2.45, 2.75) is 31.8 Å². The van der Waals surface area contributed by atoms with Crippen LogP contribution in [-0.2, 0) is 16.1 Å². The highest BCUT2D eigenvalue weighted by Gasteiger charge is 2.40. The topological polar surface area (TPSA) is 60.9 Å². The number of carboxylic acids is 1. The van der Waals surface area contributed by atoms with Gasteiger partial charge in [0, 0.05) is 32.2 Å². The number of carbonyl (C=O) groups excluding carboxylic acids is 1. The van der Waals surface area contributed by atoms with Crippen LogP contribution in [0.2, 0.25) is 0 Å². The average molecular weight is 302 g/mol. The van der Waals surface area contributed by atoms with Gasteiger partial charge in [0.15, 0.2) is 0 Å². The van der Waals surface area contributed by atoms with E-state index in [2.05, 4.69) is 4.90 Å². The van der Waals surface area contributed by atoms with Gasteiger partial charge in [-0.2, -0.15) is 0 Å². The summed E-state index contributed by atoms with van der Waals surface area (Å²) < 4.78 is 0. The first-order valence-corrected chi connectivity index (χ1v) is 7.92. The molecule has 1 N–H and O–H groups in total. The third-order valence-electron chi connectivity index (χ3n) is 4.71. The fourth-order valence-corrected chi connectivity index (χ4v) is 3.55. The molecule has 0 aliphatic carbocycles. The van der Waals surface area contributed by atoms with Gasteiger partial charge in [-0.15, -0.1) is 0 Å². The number of amides is 1. The quantitative estimate of drug-likeness (QED) is 0.897. The number of carboxylic acid groups (broad SMARTS) is 1. The van der Waals surface area contributed by atoms with Crippen molar-refractivity contribution < 1.29 is 14.7 Å². The van der Waals surface area contributed by atoms with E-state index >= 15 is 0 Å². The molecule has 1 aromatic carbocycles. The molecular formula is C17H22N2O3. The first kappa shape index (κ1) is 15.0. The van der Waals surface area contributed by atoms with Crippen molar-refractivity contribution in [2.24, 2.45) is 5.92 Å². The predicted molar refractivity (Wildman–Crippen MR) is 82.2 cm³/mol. The number of hydrogen-bond donors (Lipinski definition) is 1.